The first-order chi connectivity index (χ1) is 13.6. The fourth-order valence-corrected chi connectivity index (χ4v) is 2.51. The second-order valence-corrected chi connectivity index (χ2v) is 6.19. The van der Waals surface area contributed by atoms with Crippen LogP contribution in [0.15, 0.2) is 34.9 Å². The second-order valence-electron chi connectivity index (χ2n) is 6.19. The van der Waals surface area contributed by atoms with Crippen LogP contribution >= 0.6 is 0 Å². The van der Waals surface area contributed by atoms with Crippen LogP contribution in [0.1, 0.15) is 50.0 Å². The van der Waals surface area contributed by atoms with Crippen LogP contribution in [0.5, 0.6) is 5.75 Å². The Morgan fingerprint density at radius 1 is 1.14 bits per heavy atom. The number of urea groups is 1. The van der Waals surface area contributed by atoms with Crippen LogP contribution < -0.4 is 15.4 Å². The highest BCUT2D eigenvalue weighted by Crippen LogP contribution is 2.16. The molecular formula is C20H28N4O4. The van der Waals surface area contributed by atoms with Gasteiger partial charge in [-0.05, 0) is 44.0 Å². The molecule has 0 saturated carbocycles. The molecule has 1 aromatic carbocycles. The number of carbonyl (C=O) groups excluding carboxylic acids is 2. The van der Waals surface area contributed by atoms with Gasteiger partial charge in [0.1, 0.15) is 12.0 Å². The van der Waals surface area contributed by atoms with Crippen molar-refractivity contribution >= 4 is 17.6 Å². The number of benzene rings is 1. The predicted molar refractivity (Wildman–Crippen MR) is 106 cm³/mol. The summed E-state index contributed by atoms with van der Waals surface area (Å²) in [6.07, 6.45) is 2.93. The van der Waals surface area contributed by atoms with Crippen molar-refractivity contribution in [3.05, 3.63) is 42.1 Å². The zero-order valence-electron chi connectivity index (χ0n) is 16.7. The molecule has 0 unspecified atom stereocenters. The molecule has 0 spiro atoms. The maximum absolute atomic E-state index is 12.6. The molecular weight excluding hydrogens is 360 g/mol. The smallest absolute Gasteiger partial charge is 0.322 e. The molecule has 0 aliphatic heterocycles. The van der Waals surface area contributed by atoms with Crippen molar-refractivity contribution in [3.63, 3.8) is 0 Å². The van der Waals surface area contributed by atoms with E-state index in [0.29, 0.717) is 31.3 Å². The summed E-state index contributed by atoms with van der Waals surface area (Å²) in [6.45, 7) is 7.74. The quantitative estimate of drug-likeness (QED) is 0.647. The van der Waals surface area contributed by atoms with E-state index < -0.39 is 0 Å². The van der Waals surface area contributed by atoms with E-state index in [1.807, 2.05) is 20.8 Å². The summed E-state index contributed by atoms with van der Waals surface area (Å²) in [6, 6.07) is 6.92. The van der Waals surface area contributed by atoms with E-state index in [2.05, 4.69) is 15.6 Å². The van der Waals surface area contributed by atoms with Crippen molar-refractivity contribution in [2.45, 2.75) is 40.2 Å². The van der Waals surface area contributed by atoms with Gasteiger partial charge in [0.2, 0.25) is 5.89 Å². The summed E-state index contributed by atoms with van der Waals surface area (Å²) in [7, 11) is 0. The van der Waals surface area contributed by atoms with E-state index in [0.717, 1.165) is 18.6 Å². The molecule has 1 aromatic heterocycles. The van der Waals surface area contributed by atoms with Crippen molar-refractivity contribution in [2.24, 2.45) is 0 Å². The van der Waals surface area contributed by atoms with Crippen LogP contribution in [0.3, 0.4) is 0 Å². The minimum absolute atomic E-state index is 0.178. The van der Waals surface area contributed by atoms with Crippen LogP contribution in [0.2, 0.25) is 0 Å². The molecule has 0 radical (unpaired) electrons. The van der Waals surface area contributed by atoms with Crippen LogP contribution in [0.4, 0.5) is 10.5 Å². The molecule has 2 aromatic rings. The zero-order valence-corrected chi connectivity index (χ0v) is 16.7. The minimum atomic E-state index is -0.280. The van der Waals surface area contributed by atoms with Gasteiger partial charge >= 0.3 is 6.03 Å². The maximum Gasteiger partial charge on any atom is 0.322 e. The first-order valence-electron chi connectivity index (χ1n) is 9.58. The number of ether oxygens (including phenoxy) is 1. The number of anilines is 1. The molecule has 28 heavy (non-hydrogen) atoms. The molecule has 0 saturated heterocycles. The van der Waals surface area contributed by atoms with E-state index in [9.17, 15) is 9.59 Å². The third kappa shape index (κ3) is 6.29. The van der Waals surface area contributed by atoms with Crippen molar-refractivity contribution in [1.29, 1.82) is 0 Å². The summed E-state index contributed by atoms with van der Waals surface area (Å²) in [4.78, 5) is 30.4. The highest BCUT2D eigenvalue weighted by molar-refractivity contribution is 5.92. The van der Waals surface area contributed by atoms with E-state index in [1.54, 1.807) is 29.2 Å². The molecule has 0 aliphatic carbocycles. The molecule has 2 N–H and O–H groups in total. The fourth-order valence-electron chi connectivity index (χ4n) is 2.51. The molecule has 0 bridgehead atoms. The van der Waals surface area contributed by atoms with Gasteiger partial charge in [-0.2, -0.15) is 0 Å². The number of nitrogens with zero attached hydrogens (tertiary/aromatic N) is 2. The van der Waals surface area contributed by atoms with Gasteiger partial charge < -0.3 is 24.7 Å². The first kappa shape index (κ1) is 21.3. The Morgan fingerprint density at radius 3 is 2.54 bits per heavy atom. The molecule has 1 heterocycles. The minimum Gasteiger partial charge on any atom is -0.494 e. The summed E-state index contributed by atoms with van der Waals surface area (Å²) >= 11 is 0. The van der Waals surface area contributed by atoms with Crippen LogP contribution in [0.25, 0.3) is 0 Å². The van der Waals surface area contributed by atoms with E-state index in [4.69, 9.17) is 9.15 Å². The van der Waals surface area contributed by atoms with Crippen LogP contribution in [0, 0.1) is 0 Å². The molecule has 8 heteroatoms. The molecule has 152 valence electrons. The lowest BCUT2D eigenvalue weighted by Gasteiger charge is -2.21. The molecule has 8 nitrogen and oxygen atoms in total. The SMILES string of the molecule is CCCNC(=O)c1coc(CN(CCC)C(=O)Nc2ccc(OCC)cc2)n1. The first-order valence-corrected chi connectivity index (χ1v) is 9.58. The van der Waals surface area contributed by atoms with Gasteiger partial charge in [-0.3, -0.25) is 4.79 Å². The topological polar surface area (TPSA) is 96.7 Å². The third-order valence-electron chi connectivity index (χ3n) is 3.84. The van der Waals surface area contributed by atoms with Gasteiger partial charge in [-0.15, -0.1) is 0 Å². The summed E-state index contributed by atoms with van der Waals surface area (Å²) < 4.78 is 10.8. The lowest BCUT2D eigenvalue weighted by Crippen LogP contribution is -2.35. The second kappa shape index (κ2) is 11.0. The average Bonchev–Trinajstić information content (AvgIpc) is 3.16. The van der Waals surface area contributed by atoms with Crippen LogP contribution in [-0.4, -0.2) is 41.5 Å². The number of hydrogen-bond donors (Lipinski definition) is 2. The number of nitrogens with one attached hydrogen (secondary N) is 2. The molecule has 3 amide bonds. The monoisotopic (exact) mass is 388 g/mol. The fraction of sp³-hybridized carbons (Fsp3) is 0.450. The number of carbonyl (C=O) groups is 2. The highest BCUT2D eigenvalue weighted by Gasteiger charge is 2.18. The average molecular weight is 388 g/mol. The summed E-state index contributed by atoms with van der Waals surface area (Å²) in [5.74, 6) is 0.786. The van der Waals surface area contributed by atoms with Crippen LogP contribution in [-0.2, 0) is 6.54 Å². The normalized spacial score (nSPS) is 10.4. The van der Waals surface area contributed by atoms with Gasteiger partial charge in [0, 0.05) is 18.8 Å². The van der Waals surface area contributed by atoms with Gasteiger partial charge in [-0.25, -0.2) is 9.78 Å². The van der Waals surface area contributed by atoms with E-state index in [-0.39, 0.29) is 24.2 Å². The summed E-state index contributed by atoms with van der Waals surface area (Å²) in [5.41, 5.74) is 0.883. The predicted octanol–water partition coefficient (Wildman–Crippen LogP) is 3.66. The lowest BCUT2D eigenvalue weighted by atomic mass is 10.3. The van der Waals surface area contributed by atoms with Crippen molar-refractivity contribution in [2.75, 3.05) is 25.0 Å². The number of aromatic nitrogens is 1. The molecule has 0 atom stereocenters. The third-order valence-corrected chi connectivity index (χ3v) is 3.84. The van der Waals surface area contributed by atoms with Gasteiger partial charge in [0.15, 0.2) is 5.69 Å². The highest BCUT2D eigenvalue weighted by atomic mass is 16.5. The largest absolute Gasteiger partial charge is 0.494 e. The Morgan fingerprint density at radius 2 is 1.89 bits per heavy atom. The molecule has 0 fully saturated rings. The van der Waals surface area contributed by atoms with Crippen molar-refractivity contribution in [3.8, 4) is 5.75 Å². The number of rotatable bonds is 10. The Kier molecular flexibility index (Phi) is 8.33. The van der Waals surface area contributed by atoms with Crippen molar-refractivity contribution < 1.29 is 18.7 Å². The number of hydrogen-bond acceptors (Lipinski definition) is 5. The number of oxazole rings is 1. The molecule has 2 rings (SSSR count). The number of amides is 3. The Labute approximate surface area is 165 Å². The standard InChI is InChI=1S/C20H28N4O4/c1-4-11-21-19(25)17-14-28-18(23-17)13-24(12-5-2)20(26)22-15-7-9-16(10-8-15)27-6-3/h7-10,14H,4-6,11-13H2,1-3H3,(H,21,25)(H,22,26). The van der Waals surface area contributed by atoms with Crippen molar-refractivity contribution in [1.82, 2.24) is 15.2 Å². The van der Waals surface area contributed by atoms with Gasteiger partial charge in [-0.1, -0.05) is 13.8 Å². The maximum atomic E-state index is 12.6. The van der Waals surface area contributed by atoms with E-state index in [1.165, 1.54) is 6.26 Å². The lowest BCUT2D eigenvalue weighted by molar-refractivity contribution is 0.0948. The van der Waals surface area contributed by atoms with E-state index >= 15 is 0 Å². The van der Waals surface area contributed by atoms with Gasteiger partial charge in [0.05, 0.1) is 13.2 Å². The Bertz CT molecular complexity index is 758. The Hall–Kier alpha value is -3.03. The summed E-state index contributed by atoms with van der Waals surface area (Å²) in [5, 5.41) is 5.60. The van der Waals surface area contributed by atoms with Gasteiger partial charge in [0.25, 0.3) is 5.91 Å². The Balaban J connectivity index is 1.99. The molecule has 0 aliphatic rings. The zero-order chi connectivity index (χ0) is 20.4.